The zero-order chi connectivity index (χ0) is 23.3. The van der Waals surface area contributed by atoms with Gasteiger partial charge in [0.2, 0.25) is 11.8 Å². The molecule has 1 aliphatic heterocycles. The summed E-state index contributed by atoms with van der Waals surface area (Å²) in [5, 5.41) is 12.1. The SMILES string of the molecule is COc1ccccc1NC(=O)C1CCN(C(=O)CCc2c(C)[nH]c(=O)c(C#N)c2C)CC1. The van der Waals surface area contributed by atoms with Crippen LogP contribution in [0.4, 0.5) is 5.69 Å². The molecule has 2 heterocycles. The summed E-state index contributed by atoms with van der Waals surface area (Å²) in [6.45, 7) is 4.57. The van der Waals surface area contributed by atoms with Crippen molar-refractivity contribution in [2.75, 3.05) is 25.5 Å². The molecule has 0 radical (unpaired) electrons. The Labute approximate surface area is 187 Å². The molecule has 8 nitrogen and oxygen atoms in total. The lowest BCUT2D eigenvalue weighted by atomic mass is 9.94. The van der Waals surface area contributed by atoms with Crippen molar-refractivity contribution in [3.05, 3.63) is 57.0 Å². The molecule has 0 aliphatic carbocycles. The van der Waals surface area contributed by atoms with Crippen LogP contribution in [0.3, 0.4) is 0 Å². The number of H-pyrrole nitrogens is 1. The van der Waals surface area contributed by atoms with Gasteiger partial charge < -0.3 is 19.9 Å². The maximum absolute atomic E-state index is 12.7. The molecule has 3 rings (SSSR count). The van der Waals surface area contributed by atoms with Crippen molar-refractivity contribution in [3.8, 4) is 11.8 Å². The van der Waals surface area contributed by atoms with Gasteiger partial charge in [-0.25, -0.2) is 0 Å². The summed E-state index contributed by atoms with van der Waals surface area (Å²) in [6.07, 6.45) is 1.94. The minimum Gasteiger partial charge on any atom is -0.495 e. The number of nitrogens with one attached hydrogen (secondary N) is 2. The van der Waals surface area contributed by atoms with E-state index in [1.807, 2.05) is 18.2 Å². The van der Waals surface area contributed by atoms with E-state index in [0.717, 1.165) is 5.56 Å². The summed E-state index contributed by atoms with van der Waals surface area (Å²) in [5.74, 6) is 0.397. The molecule has 1 aromatic carbocycles. The van der Waals surface area contributed by atoms with Gasteiger partial charge in [0.25, 0.3) is 5.56 Å². The Morgan fingerprint density at radius 3 is 2.59 bits per heavy atom. The highest BCUT2D eigenvalue weighted by Gasteiger charge is 2.28. The molecular weight excluding hydrogens is 408 g/mol. The smallest absolute Gasteiger partial charge is 0.266 e. The van der Waals surface area contributed by atoms with E-state index in [0.29, 0.717) is 55.0 Å². The second kappa shape index (κ2) is 10.1. The van der Waals surface area contributed by atoms with Gasteiger partial charge in [0.05, 0.1) is 12.8 Å². The highest BCUT2D eigenvalue weighted by molar-refractivity contribution is 5.94. The third-order valence-electron chi connectivity index (χ3n) is 6.09. The van der Waals surface area contributed by atoms with Gasteiger partial charge in [0.15, 0.2) is 0 Å². The number of aromatic amines is 1. The number of pyridine rings is 1. The molecule has 1 fully saturated rings. The van der Waals surface area contributed by atoms with Crippen LogP contribution in [0.5, 0.6) is 5.75 Å². The van der Waals surface area contributed by atoms with E-state index in [9.17, 15) is 19.6 Å². The van der Waals surface area contributed by atoms with E-state index in [4.69, 9.17) is 4.74 Å². The summed E-state index contributed by atoms with van der Waals surface area (Å²) < 4.78 is 5.28. The van der Waals surface area contributed by atoms with Crippen LogP contribution in [-0.2, 0) is 16.0 Å². The Bertz CT molecular complexity index is 1110. The van der Waals surface area contributed by atoms with Gasteiger partial charge in [0, 0.05) is 31.1 Å². The summed E-state index contributed by atoms with van der Waals surface area (Å²) in [5.41, 5.74) is 2.49. The highest BCUT2D eigenvalue weighted by Crippen LogP contribution is 2.26. The molecule has 2 N–H and O–H groups in total. The molecular formula is C24H28N4O4. The molecule has 1 saturated heterocycles. The zero-order valence-electron chi connectivity index (χ0n) is 18.7. The number of hydrogen-bond donors (Lipinski definition) is 2. The van der Waals surface area contributed by atoms with E-state index >= 15 is 0 Å². The normalized spacial score (nSPS) is 14.0. The van der Waals surface area contributed by atoms with Crippen molar-refractivity contribution >= 4 is 17.5 Å². The number of nitriles is 1. The van der Waals surface area contributed by atoms with Gasteiger partial charge in [-0.1, -0.05) is 12.1 Å². The minimum atomic E-state index is -0.397. The second-order valence-corrected chi connectivity index (χ2v) is 8.01. The predicted octanol–water partition coefficient (Wildman–Crippen LogP) is 2.68. The highest BCUT2D eigenvalue weighted by atomic mass is 16.5. The summed E-state index contributed by atoms with van der Waals surface area (Å²) in [7, 11) is 1.56. The Hall–Kier alpha value is -3.60. The van der Waals surface area contributed by atoms with Gasteiger partial charge in [-0.05, 0) is 56.4 Å². The first kappa shape index (κ1) is 23.1. The number of rotatable bonds is 6. The number of aromatic nitrogens is 1. The lowest BCUT2D eigenvalue weighted by Crippen LogP contribution is -2.41. The Balaban J connectivity index is 1.54. The summed E-state index contributed by atoms with van der Waals surface area (Å²) >= 11 is 0. The monoisotopic (exact) mass is 436 g/mol. The van der Waals surface area contributed by atoms with Crippen molar-refractivity contribution in [1.29, 1.82) is 5.26 Å². The van der Waals surface area contributed by atoms with Crippen LogP contribution in [0.15, 0.2) is 29.1 Å². The maximum Gasteiger partial charge on any atom is 0.266 e. The molecule has 2 amide bonds. The molecule has 168 valence electrons. The number of aryl methyl sites for hydroxylation is 1. The number of para-hydroxylation sites is 2. The number of anilines is 1. The Morgan fingerprint density at radius 2 is 1.94 bits per heavy atom. The molecule has 1 aliphatic rings. The first-order valence-electron chi connectivity index (χ1n) is 10.7. The van der Waals surface area contributed by atoms with Crippen molar-refractivity contribution in [2.45, 2.75) is 39.5 Å². The quantitative estimate of drug-likeness (QED) is 0.722. The van der Waals surface area contributed by atoms with Crippen LogP contribution in [0, 0.1) is 31.1 Å². The van der Waals surface area contributed by atoms with Crippen LogP contribution in [0.25, 0.3) is 0 Å². The number of methoxy groups -OCH3 is 1. The predicted molar refractivity (Wildman–Crippen MR) is 121 cm³/mol. The maximum atomic E-state index is 12.7. The lowest BCUT2D eigenvalue weighted by Gasteiger charge is -2.31. The number of hydrogen-bond acceptors (Lipinski definition) is 5. The molecule has 0 saturated carbocycles. The molecule has 0 unspecified atom stereocenters. The number of amides is 2. The number of nitrogens with zero attached hydrogens (tertiary/aromatic N) is 2. The standard InChI is InChI=1S/C24H28N4O4/c1-15-18(16(2)26-24(31)19(15)14-25)8-9-22(29)28-12-10-17(11-13-28)23(30)27-20-6-4-5-7-21(20)32-3/h4-7,17H,8-13H2,1-3H3,(H,26,31)(H,27,30). The first-order chi connectivity index (χ1) is 15.3. The summed E-state index contributed by atoms with van der Waals surface area (Å²) in [6, 6.07) is 9.21. The van der Waals surface area contributed by atoms with Crippen molar-refractivity contribution < 1.29 is 14.3 Å². The van der Waals surface area contributed by atoms with Crippen molar-refractivity contribution in [3.63, 3.8) is 0 Å². The van der Waals surface area contributed by atoms with Crippen LogP contribution in [-0.4, -0.2) is 41.9 Å². The van der Waals surface area contributed by atoms with Gasteiger partial charge in [-0.2, -0.15) is 5.26 Å². The molecule has 0 atom stereocenters. The van der Waals surface area contributed by atoms with Gasteiger partial charge in [0.1, 0.15) is 17.4 Å². The van der Waals surface area contributed by atoms with E-state index in [1.165, 1.54) is 0 Å². The van der Waals surface area contributed by atoms with E-state index in [-0.39, 0.29) is 29.7 Å². The fourth-order valence-electron chi connectivity index (χ4n) is 4.18. The van der Waals surface area contributed by atoms with Crippen molar-refractivity contribution in [2.24, 2.45) is 5.92 Å². The third-order valence-corrected chi connectivity index (χ3v) is 6.09. The molecule has 0 spiro atoms. The largest absolute Gasteiger partial charge is 0.495 e. The number of carbonyl (C=O) groups excluding carboxylic acids is 2. The topological polar surface area (TPSA) is 115 Å². The Kier molecular flexibility index (Phi) is 7.31. The van der Waals surface area contributed by atoms with Crippen molar-refractivity contribution in [1.82, 2.24) is 9.88 Å². The van der Waals surface area contributed by atoms with E-state index < -0.39 is 5.56 Å². The number of carbonyl (C=O) groups is 2. The molecule has 1 aromatic heterocycles. The first-order valence-corrected chi connectivity index (χ1v) is 10.7. The molecule has 2 aromatic rings. The van der Waals surface area contributed by atoms with Crippen LogP contribution in [0.2, 0.25) is 0 Å². The van der Waals surface area contributed by atoms with Gasteiger partial charge in [-0.3, -0.25) is 14.4 Å². The van der Waals surface area contributed by atoms with Crippen LogP contribution < -0.4 is 15.6 Å². The van der Waals surface area contributed by atoms with E-state index in [1.54, 1.807) is 38.0 Å². The molecule has 8 heteroatoms. The lowest BCUT2D eigenvalue weighted by molar-refractivity contribution is -0.134. The minimum absolute atomic E-state index is 0.0112. The number of benzene rings is 1. The molecule has 0 bridgehead atoms. The van der Waals surface area contributed by atoms with Crippen LogP contribution in [0.1, 0.15) is 41.6 Å². The van der Waals surface area contributed by atoms with Gasteiger partial charge >= 0.3 is 0 Å². The average Bonchev–Trinajstić information content (AvgIpc) is 2.79. The Morgan fingerprint density at radius 1 is 1.25 bits per heavy atom. The number of piperidine rings is 1. The van der Waals surface area contributed by atoms with E-state index in [2.05, 4.69) is 10.3 Å². The number of likely N-dealkylation sites (tertiary alicyclic amines) is 1. The average molecular weight is 437 g/mol. The molecule has 32 heavy (non-hydrogen) atoms. The number of ether oxygens (including phenoxy) is 1. The van der Waals surface area contributed by atoms with Crippen LogP contribution >= 0.6 is 0 Å². The third kappa shape index (κ3) is 4.99. The van der Waals surface area contributed by atoms with Gasteiger partial charge in [-0.15, -0.1) is 0 Å². The fourth-order valence-corrected chi connectivity index (χ4v) is 4.18. The zero-order valence-corrected chi connectivity index (χ0v) is 18.7. The summed E-state index contributed by atoms with van der Waals surface area (Å²) in [4.78, 5) is 41.8. The second-order valence-electron chi connectivity index (χ2n) is 8.01. The fraction of sp³-hybridized carbons (Fsp3) is 0.417.